The van der Waals surface area contributed by atoms with Crippen LogP contribution in [0.25, 0.3) is 0 Å². The summed E-state index contributed by atoms with van der Waals surface area (Å²) in [4.78, 5) is 10.4. The lowest BCUT2D eigenvalue weighted by Crippen LogP contribution is -2.17. The van der Waals surface area contributed by atoms with Crippen molar-refractivity contribution in [1.82, 2.24) is 9.97 Å². The highest BCUT2D eigenvalue weighted by molar-refractivity contribution is 7.08. The van der Waals surface area contributed by atoms with Crippen molar-refractivity contribution in [2.75, 3.05) is 17.2 Å². The Bertz CT molecular complexity index is 1000. The number of benzene rings is 1. The summed E-state index contributed by atoms with van der Waals surface area (Å²) in [6.07, 6.45) is 2.61. The Morgan fingerprint density at radius 1 is 1.31 bits per heavy atom. The zero-order valence-electron chi connectivity index (χ0n) is 14.3. The largest absolute Gasteiger partial charge is 0.374 e. The van der Waals surface area contributed by atoms with E-state index in [1.807, 2.05) is 35.0 Å². The minimum atomic E-state index is -1.17. The lowest BCUT2D eigenvalue weighted by molar-refractivity contribution is 0.122. The first-order valence-corrected chi connectivity index (χ1v) is 9.24. The number of nitrogens with zero attached hydrogens (tertiary/aromatic N) is 3. The monoisotopic (exact) mass is 362 g/mol. The molecule has 0 fully saturated rings. The highest BCUT2D eigenvalue weighted by Gasteiger charge is 2.23. The van der Waals surface area contributed by atoms with Gasteiger partial charge in [-0.3, -0.25) is 0 Å². The van der Waals surface area contributed by atoms with Crippen LogP contribution >= 0.6 is 11.3 Å². The number of nitrogen functional groups attached to an aromatic ring is 1. The fourth-order valence-corrected chi connectivity index (χ4v) is 3.77. The lowest BCUT2D eigenvalue weighted by atomic mass is 9.99. The van der Waals surface area contributed by atoms with Crippen LogP contribution in [0.1, 0.15) is 23.6 Å². The van der Waals surface area contributed by atoms with E-state index in [9.17, 15) is 5.11 Å². The molecule has 3 aromatic rings. The quantitative estimate of drug-likeness (QED) is 0.685. The molecule has 1 atom stereocenters. The molecule has 3 N–H and O–H groups in total. The number of aromatic nitrogens is 2. The molecule has 0 bridgehead atoms. The third-order valence-corrected chi connectivity index (χ3v) is 5.13. The summed E-state index contributed by atoms with van der Waals surface area (Å²) in [7, 11) is 0. The second-order valence-electron chi connectivity index (χ2n) is 6.35. The van der Waals surface area contributed by atoms with Gasteiger partial charge < -0.3 is 15.7 Å². The lowest BCUT2D eigenvalue weighted by Gasteiger charge is -2.18. The molecular formula is C20H18N4OS. The number of nitrogens with two attached hydrogens (primary N) is 1. The topological polar surface area (TPSA) is 75.3 Å². The molecule has 1 aliphatic rings. The van der Waals surface area contributed by atoms with Gasteiger partial charge in [-0.25, -0.2) is 4.98 Å². The SMILES string of the molecule is CC(O)(C#Cc1ccc2c(c1)N(c1ccnc(N)n1)CC2)c1ccsc1. The van der Waals surface area contributed by atoms with Crippen LogP contribution in [0.5, 0.6) is 0 Å². The molecule has 1 unspecified atom stereocenters. The van der Waals surface area contributed by atoms with E-state index in [4.69, 9.17) is 5.73 Å². The molecule has 6 heteroatoms. The standard InChI is InChI=1S/C20H18N4OS/c1-20(25,16-7-11-26-13-16)8-4-14-2-3-15-6-10-24(17(15)12-14)18-5-9-22-19(21)23-18/h2-3,5,7,9,11-13,25H,6,10H2,1H3,(H2,21,22,23). The number of aliphatic hydroxyl groups is 1. The van der Waals surface area contributed by atoms with E-state index in [0.717, 1.165) is 35.6 Å². The number of anilines is 3. The maximum atomic E-state index is 10.6. The second-order valence-corrected chi connectivity index (χ2v) is 7.13. The minimum Gasteiger partial charge on any atom is -0.374 e. The Kier molecular flexibility index (Phi) is 4.11. The molecule has 0 amide bonds. The third kappa shape index (κ3) is 3.15. The first-order valence-electron chi connectivity index (χ1n) is 8.30. The molecular weight excluding hydrogens is 344 g/mol. The van der Waals surface area contributed by atoms with Gasteiger partial charge in [0.1, 0.15) is 11.4 Å². The van der Waals surface area contributed by atoms with Gasteiger partial charge in [0.15, 0.2) is 0 Å². The van der Waals surface area contributed by atoms with E-state index in [2.05, 4.69) is 32.8 Å². The van der Waals surface area contributed by atoms with Crippen molar-refractivity contribution in [2.24, 2.45) is 0 Å². The van der Waals surface area contributed by atoms with Crippen molar-refractivity contribution in [3.8, 4) is 11.8 Å². The Labute approximate surface area is 156 Å². The zero-order chi connectivity index (χ0) is 18.1. The number of thiophene rings is 1. The predicted molar refractivity (Wildman–Crippen MR) is 104 cm³/mol. The summed E-state index contributed by atoms with van der Waals surface area (Å²) in [6.45, 7) is 2.56. The molecule has 4 rings (SSSR count). The normalized spacial score (nSPS) is 15.1. The van der Waals surface area contributed by atoms with E-state index in [1.54, 1.807) is 24.5 Å². The maximum absolute atomic E-state index is 10.6. The number of fused-ring (bicyclic) bond motifs is 1. The Balaban J connectivity index is 1.66. The minimum absolute atomic E-state index is 0.263. The van der Waals surface area contributed by atoms with Crippen LogP contribution in [0.2, 0.25) is 0 Å². The molecule has 3 heterocycles. The van der Waals surface area contributed by atoms with Gasteiger partial charge in [0.05, 0.1) is 0 Å². The summed E-state index contributed by atoms with van der Waals surface area (Å²) in [5, 5.41) is 14.4. The first-order chi connectivity index (χ1) is 12.5. The van der Waals surface area contributed by atoms with Gasteiger partial charge in [-0.2, -0.15) is 16.3 Å². The summed E-state index contributed by atoms with van der Waals surface area (Å²) in [5.74, 6) is 7.13. The van der Waals surface area contributed by atoms with Gasteiger partial charge in [0.25, 0.3) is 0 Å². The molecule has 5 nitrogen and oxygen atoms in total. The highest BCUT2D eigenvalue weighted by Crippen LogP contribution is 2.34. The van der Waals surface area contributed by atoms with Crippen LogP contribution in [-0.4, -0.2) is 21.6 Å². The van der Waals surface area contributed by atoms with Crippen LogP contribution in [0.15, 0.2) is 47.3 Å². The Hall–Kier alpha value is -2.88. The number of hydrogen-bond donors (Lipinski definition) is 2. The van der Waals surface area contributed by atoms with Crippen LogP contribution < -0.4 is 10.6 Å². The highest BCUT2D eigenvalue weighted by atomic mass is 32.1. The zero-order valence-corrected chi connectivity index (χ0v) is 15.1. The molecule has 130 valence electrons. The molecule has 1 aromatic carbocycles. The van der Waals surface area contributed by atoms with E-state index in [0.29, 0.717) is 0 Å². The number of rotatable bonds is 2. The van der Waals surface area contributed by atoms with Crippen molar-refractivity contribution >= 4 is 28.8 Å². The smallest absolute Gasteiger partial charge is 0.221 e. The van der Waals surface area contributed by atoms with Crippen molar-refractivity contribution in [3.05, 3.63) is 64.0 Å². The maximum Gasteiger partial charge on any atom is 0.221 e. The third-order valence-electron chi connectivity index (χ3n) is 4.45. The van der Waals surface area contributed by atoms with Gasteiger partial charge in [-0.1, -0.05) is 17.9 Å². The first kappa shape index (κ1) is 16.6. The Morgan fingerprint density at radius 2 is 2.19 bits per heavy atom. The molecule has 0 saturated heterocycles. The van der Waals surface area contributed by atoms with E-state index in [1.165, 1.54) is 5.56 Å². The van der Waals surface area contributed by atoms with Gasteiger partial charge >= 0.3 is 0 Å². The van der Waals surface area contributed by atoms with Crippen LogP contribution in [0.3, 0.4) is 0 Å². The van der Waals surface area contributed by atoms with Crippen molar-refractivity contribution < 1.29 is 5.11 Å². The summed E-state index contributed by atoms with van der Waals surface area (Å²) >= 11 is 1.55. The Morgan fingerprint density at radius 3 is 2.96 bits per heavy atom. The van der Waals surface area contributed by atoms with E-state index < -0.39 is 5.60 Å². The van der Waals surface area contributed by atoms with Crippen LogP contribution in [0, 0.1) is 11.8 Å². The van der Waals surface area contributed by atoms with Crippen molar-refractivity contribution in [1.29, 1.82) is 0 Å². The average molecular weight is 362 g/mol. The van der Waals surface area contributed by atoms with E-state index in [-0.39, 0.29) is 5.95 Å². The van der Waals surface area contributed by atoms with Gasteiger partial charge in [0, 0.05) is 29.6 Å². The molecule has 26 heavy (non-hydrogen) atoms. The fraction of sp³-hybridized carbons (Fsp3) is 0.200. The molecule has 0 aliphatic carbocycles. The molecule has 1 aliphatic heterocycles. The molecule has 0 spiro atoms. The fourth-order valence-electron chi connectivity index (χ4n) is 3.02. The van der Waals surface area contributed by atoms with E-state index >= 15 is 0 Å². The summed E-state index contributed by atoms with van der Waals surface area (Å²) in [6, 6.07) is 9.86. The predicted octanol–water partition coefficient (Wildman–Crippen LogP) is 3.07. The molecule has 0 saturated carbocycles. The van der Waals surface area contributed by atoms with Gasteiger partial charge in [-0.05, 0) is 53.9 Å². The summed E-state index contributed by atoms with van der Waals surface area (Å²) in [5.41, 5.74) is 8.54. The van der Waals surface area contributed by atoms with Crippen LogP contribution in [-0.2, 0) is 12.0 Å². The van der Waals surface area contributed by atoms with Gasteiger partial charge in [-0.15, -0.1) is 0 Å². The summed E-state index contributed by atoms with van der Waals surface area (Å²) < 4.78 is 0. The van der Waals surface area contributed by atoms with Crippen LogP contribution in [0.4, 0.5) is 17.5 Å². The molecule has 2 aromatic heterocycles. The van der Waals surface area contributed by atoms with Crippen molar-refractivity contribution in [3.63, 3.8) is 0 Å². The second kappa shape index (κ2) is 6.45. The number of hydrogen-bond acceptors (Lipinski definition) is 6. The molecule has 0 radical (unpaired) electrons. The van der Waals surface area contributed by atoms with Gasteiger partial charge in [0.2, 0.25) is 5.95 Å². The average Bonchev–Trinajstić information content (AvgIpc) is 3.30. The van der Waals surface area contributed by atoms with Crippen molar-refractivity contribution in [2.45, 2.75) is 18.9 Å².